The van der Waals surface area contributed by atoms with Gasteiger partial charge in [-0.05, 0) is 30.5 Å². The Bertz CT molecular complexity index is 675. The van der Waals surface area contributed by atoms with Crippen molar-refractivity contribution in [2.45, 2.75) is 18.8 Å². The molecule has 6 nitrogen and oxygen atoms in total. The van der Waals surface area contributed by atoms with Crippen LogP contribution in [0.1, 0.15) is 24.5 Å². The topological polar surface area (TPSA) is 78.5 Å². The summed E-state index contributed by atoms with van der Waals surface area (Å²) < 4.78 is 5.29. The Kier molecular flexibility index (Phi) is 4.62. The van der Waals surface area contributed by atoms with Crippen molar-refractivity contribution in [3.8, 4) is 16.9 Å². The maximum absolute atomic E-state index is 11.6. The van der Waals surface area contributed by atoms with Crippen molar-refractivity contribution < 1.29 is 14.6 Å². The van der Waals surface area contributed by atoms with Gasteiger partial charge in [-0.25, -0.2) is 0 Å². The lowest BCUT2D eigenvalue weighted by molar-refractivity contribution is -0.135. The molecule has 1 aliphatic rings. The molecule has 2 N–H and O–H groups in total. The molecular formula is C17H21N3O3. The van der Waals surface area contributed by atoms with E-state index in [9.17, 15) is 4.79 Å². The monoisotopic (exact) mass is 315 g/mol. The number of carbonyl (C=O) groups is 1. The van der Waals surface area contributed by atoms with E-state index in [1.54, 1.807) is 12.0 Å². The van der Waals surface area contributed by atoms with Crippen LogP contribution in [0.25, 0.3) is 11.1 Å². The maximum Gasteiger partial charge on any atom is 0.248 e. The number of aliphatic hydroxyl groups is 1. The largest absolute Gasteiger partial charge is 0.497 e. The zero-order valence-corrected chi connectivity index (χ0v) is 13.2. The van der Waals surface area contributed by atoms with E-state index in [4.69, 9.17) is 9.84 Å². The Morgan fingerprint density at radius 1 is 1.43 bits per heavy atom. The van der Waals surface area contributed by atoms with Crippen LogP contribution in [0.5, 0.6) is 5.75 Å². The summed E-state index contributed by atoms with van der Waals surface area (Å²) in [5.74, 6) is 0.959. The van der Waals surface area contributed by atoms with Crippen molar-refractivity contribution >= 4 is 5.91 Å². The number of benzene rings is 1. The first-order chi connectivity index (χ1) is 11.2. The highest BCUT2D eigenvalue weighted by atomic mass is 16.5. The molecule has 0 saturated carbocycles. The lowest BCUT2D eigenvalue weighted by Crippen LogP contribution is -2.39. The average Bonchev–Trinajstić information content (AvgIpc) is 3.11. The molecular weight excluding hydrogens is 294 g/mol. The van der Waals surface area contributed by atoms with Crippen LogP contribution in [0.2, 0.25) is 0 Å². The Morgan fingerprint density at radius 3 is 2.91 bits per heavy atom. The maximum atomic E-state index is 11.6. The molecule has 2 heterocycles. The van der Waals surface area contributed by atoms with Gasteiger partial charge in [0.05, 0.1) is 13.3 Å². The minimum Gasteiger partial charge on any atom is -0.497 e. The van der Waals surface area contributed by atoms with Gasteiger partial charge in [0, 0.05) is 30.3 Å². The summed E-state index contributed by atoms with van der Waals surface area (Å²) in [7, 11) is 1.66. The predicted molar refractivity (Wildman–Crippen MR) is 86.2 cm³/mol. The van der Waals surface area contributed by atoms with Gasteiger partial charge in [0.1, 0.15) is 12.4 Å². The molecule has 1 aromatic carbocycles. The summed E-state index contributed by atoms with van der Waals surface area (Å²) in [5, 5.41) is 16.3. The van der Waals surface area contributed by atoms with Crippen molar-refractivity contribution in [2.24, 2.45) is 0 Å². The van der Waals surface area contributed by atoms with Crippen LogP contribution in [0.4, 0.5) is 0 Å². The van der Waals surface area contributed by atoms with Gasteiger partial charge in [-0.2, -0.15) is 5.10 Å². The van der Waals surface area contributed by atoms with Gasteiger partial charge >= 0.3 is 0 Å². The first-order valence-electron chi connectivity index (χ1n) is 7.79. The van der Waals surface area contributed by atoms with Gasteiger partial charge in [-0.1, -0.05) is 12.1 Å². The van der Waals surface area contributed by atoms with Crippen LogP contribution >= 0.6 is 0 Å². The molecule has 0 aliphatic carbocycles. The standard InChI is InChI=1S/C17H21N3O3/c1-23-14-4-2-3-13(9-14)15-10-18-19-17(15)12-5-7-20(8-6-12)16(22)11-21/h2-4,9-10,12,21H,5-8,11H2,1H3,(H,18,19). The number of nitrogens with one attached hydrogen (secondary N) is 1. The highest BCUT2D eigenvalue weighted by molar-refractivity contribution is 5.77. The summed E-state index contributed by atoms with van der Waals surface area (Å²) in [5.41, 5.74) is 3.26. The molecule has 0 radical (unpaired) electrons. The minimum atomic E-state index is -0.413. The van der Waals surface area contributed by atoms with Crippen molar-refractivity contribution in [3.63, 3.8) is 0 Å². The van der Waals surface area contributed by atoms with Gasteiger partial charge in [-0.3, -0.25) is 9.89 Å². The second-order valence-electron chi connectivity index (χ2n) is 5.74. The predicted octanol–water partition coefficient (Wildman–Crippen LogP) is 1.78. The molecule has 0 atom stereocenters. The van der Waals surface area contributed by atoms with Crippen LogP contribution in [-0.2, 0) is 4.79 Å². The van der Waals surface area contributed by atoms with E-state index in [0.717, 1.165) is 35.4 Å². The minimum absolute atomic E-state index is 0.193. The Morgan fingerprint density at radius 2 is 2.22 bits per heavy atom. The number of piperidine rings is 1. The first-order valence-corrected chi connectivity index (χ1v) is 7.79. The molecule has 2 aromatic rings. The Balaban J connectivity index is 1.78. The fourth-order valence-corrected chi connectivity index (χ4v) is 3.15. The van der Waals surface area contributed by atoms with Gasteiger partial charge in [0.2, 0.25) is 5.91 Å². The lowest BCUT2D eigenvalue weighted by atomic mass is 9.89. The fourth-order valence-electron chi connectivity index (χ4n) is 3.15. The van der Waals surface area contributed by atoms with E-state index in [1.165, 1.54) is 0 Å². The molecule has 1 saturated heterocycles. The van der Waals surface area contributed by atoms with Crippen LogP contribution < -0.4 is 4.74 Å². The van der Waals surface area contributed by atoms with Gasteiger partial charge in [-0.15, -0.1) is 0 Å². The van der Waals surface area contributed by atoms with Crippen molar-refractivity contribution in [1.82, 2.24) is 15.1 Å². The number of aliphatic hydroxyl groups excluding tert-OH is 1. The smallest absolute Gasteiger partial charge is 0.248 e. The zero-order chi connectivity index (χ0) is 16.2. The van der Waals surface area contributed by atoms with E-state index >= 15 is 0 Å². The second-order valence-corrected chi connectivity index (χ2v) is 5.74. The van der Waals surface area contributed by atoms with E-state index < -0.39 is 6.61 Å². The molecule has 3 rings (SSSR count). The van der Waals surface area contributed by atoms with E-state index in [-0.39, 0.29) is 5.91 Å². The summed E-state index contributed by atoms with van der Waals surface area (Å²) >= 11 is 0. The van der Waals surface area contributed by atoms with Crippen molar-refractivity contribution in [3.05, 3.63) is 36.2 Å². The molecule has 1 aliphatic heterocycles. The molecule has 1 fully saturated rings. The molecule has 0 spiro atoms. The Hall–Kier alpha value is -2.34. The number of hydrogen-bond donors (Lipinski definition) is 2. The number of likely N-dealkylation sites (tertiary alicyclic amines) is 1. The van der Waals surface area contributed by atoms with Crippen LogP contribution in [-0.4, -0.2) is 52.9 Å². The van der Waals surface area contributed by atoms with Gasteiger partial charge in [0.15, 0.2) is 0 Å². The van der Waals surface area contributed by atoms with E-state index in [1.807, 2.05) is 30.5 Å². The third-order valence-electron chi connectivity index (χ3n) is 4.44. The normalized spacial score (nSPS) is 15.7. The molecule has 0 bridgehead atoms. The highest BCUT2D eigenvalue weighted by Gasteiger charge is 2.26. The SMILES string of the molecule is COc1cccc(-c2cn[nH]c2C2CCN(C(=O)CO)CC2)c1. The van der Waals surface area contributed by atoms with Gasteiger partial charge < -0.3 is 14.7 Å². The van der Waals surface area contributed by atoms with Crippen molar-refractivity contribution in [2.75, 3.05) is 26.8 Å². The summed E-state index contributed by atoms with van der Waals surface area (Å²) in [6, 6.07) is 7.93. The number of aromatic nitrogens is 2. The molecule has 1 aromatic heterocycles. The van der Waals surface area contributed by atoms with Crippen LogP contribution in [0.3, 0.4) is 0 Å². The molecule has 122 valence electrons. The Labute approximate surface area is 135 Å². The third kappa shape index (κ3) is 3.22. The number of carbonyl (C=O) groups excluding carboxylic acids is 1. The molecule has 23 heavy (non-hydrogen) atoms. The number of nitrogens with zero attached hydrogens (tertiary/aromatic N) is 2. The highest BCUT2D eigenvalue weighted by Crippen LogP contribution is 2.34. The molecule has 6 heteroatoms. The fraction of sp³-hybridized carbons (Fsp3) is 0.412. The molecule has 0 unspecified atom stereocenters. The first kappa shape index (κ1) is 15.6. The quantitative estimate of drug-likeness (QED) is 0.901. The number of aromatic amines is 1. The molecule has 1 amide bonds. The number of H-pyrrole nitrogens is 1. The third-order valence-corrected chi connectivity index (χ3v) is 4.44. The number of rotatable bonds is 4. The average molecular weight is 315 g/mol. The van der Waals surface area contributed by atoms with E-state index in [0.29, 0.717) is 19.0 Å². The number of ether oxygens (including phenoxy) is 1. The lowest BCUT2D eigenvalue weighted by Gasteiger charge is -2.31. The summed E-state index contributed by atoms with van der Waals surface area (Å²) in [6.07, 6.45) is 3.57. The number of hydrogen-bond acceptors (Lipinski definition) is 4. The van der Waals surface area contributed by atoms with E-state index in [2.05, 4.69) is 10.2 Å². The van der Waals surface area contributed by atoms with Crippen molar-refractivity contribution in [1.29, 1.82) is 0 Å². The summed E-state index contributed by atoms with van der Waals surface area (Å²) in [6.45, 7) is 0.922. The van der Waals surface area contributed by atoms with Gasteiger partial charge in [0.25, 0.3) is 0 Å². The zero-order valence-electron chi connectivity index (χ0n) is 13.2. The summed E-state index contributed by atoms with van der Waals surface area (Å²) in [4.78, 5) is 13.3. The number of methoxy groups -OCH3 is 1. The van der Waals surface area contributed by atoms with Crippen LogP contribution in [0.15, 0.2) is 30.5 Å². The number of amides is 1. The second kappa shape index (κ2) is 6.83. The van der Waals surface area contributed by atoms with Crippen LogP contribution in [0, 0.1) is 0 Å².